The number of nitrogens with one attached hydrogen (secondary N) is 3. The number of hydrogen-bond donors (Lipinski definition) is 3. The van der Waals surface area contributed by atoms with Crippen LogP contribution in [0.2, 0.25) is 0 Å². The predicted octanol–water partition coefficient (Wildman–Crippen LogP) is 1.32. The second-order valence-electron chi connectivity index (χ2n) is 5.02. The van der Waals surface area contributed by atoms with Crippen molar-refractivity contribution in [1.82, 2.24) is 14.8 Å². The fourth-order valence-electron chi connectivity index (χ4n) is 2.29. The standard InChI is InChI=1S/C15H14N4O4/c1-8-7-12(9(2)23-8)13(20)16-10-3-5-11(6-4-10)19-14(21)17-18-15(19)22/h3-7H,1-2H3,(H,16,20)(H,17,21)(H,18,22). The zero-order valence-electron chi connectivity index (χ0n) is 12.5. The molecule has 0 spiro atoms. The van der Waals surface area contributed by atoms with E-state index in [1.165, 1.54) is 0 Å². The number of benzene rings is 1. The van der Waals surface area contributed by atoms with Crippen molar-refractivity contribution in [2.75, 3.05) is 5.32 Å². The van der Waals surface area contributed by atoms with Gasteiger partial charge in [0.25, 0.3) is 5.91 Å². The van der Waals surface area contributed by atoms with Crippen LogP contribution >= 0.6 is 0 Å². The first-order chi connectivity index (χ1) is 11.0. The summed E-state index contributed by atoms with van der Waals surface area (Å²) in [6, 6.07) is 8.00. The SMILES string of the molecule is Cc1cc(C(=O)Nc2ccc(-n3c(=O)[nH][nH]c3=O)cc2)c(C)o1. The molecule has 3 N–H and O–H groups in total. The molecule has 0 aliphatic rings. The second-order valence-corrected chi connectivity index (χ2v) is 5.02. The maximum Gasteiger partial charge on any atom is 0.348 e. The number of amides is 1. The Balaban J connectivity index is 1.83. The molecular formula is C15H14N4O4. The van der Waals surface area contributed by atoms with Gasteiger partial charge >= 0.3 is 11.4 Å². The molecule has 3 rings (SSSR count). The molecule has 0 saturated heterocycles. The topological polar surface area (TPSA) is 113 Å². The molecule has 2 heterocycles. The van der Waals surface area contributed by atoms with Crippen molar-refractivity contribution in [2.24, 2.45) is 0 Å². The molecule has 0 bridgehead atoms. The summed E-state index contributed by atoms with van der Waals surface area (Å²) in [5, 5.41) is 7.14. The summed E-state index contributed by atoms with van der Waals surface area (Å²) in [5.74, 6) is 0.917. The van der Waals surface area contributed by atoms with E-state index in [1.54, 1.807) is 44.2 Å². The van der Waals surface area contributed by atoms with Crippen LogP contribution in [0.5, 0.6) is 0 Å². The number of aromatic amines is 2. The Hall–Kier alpha value is -3.29. The Kier molecular flexibility index (Phi) is 3.49. The van der Waals surface area contributed by atoms with E-state index >= 15 is 0 Å². The van der Waals surface area contributed by atoms with Gasteiger partial charge in [0.2, 0.25) is 0 Å². The quantitative estimate of drug-likeness (QED) is 0.676. The molecule has 1 aromatic carbocycles. The third-order valence-corrected chi connectivity index (χ3v) is 3.35. The van der Waals surface area contributed by atoms with Crippen molar-refractivity contribution in [1.29, 1.82) is 0 Å². The van der Waals surface area contributed by atoms with Crippen LogP contribution in [0.4, 0.5) is 5.69 Å². The third kappa shape index (κ3) is 2.73. The van der Waals surface area contributed by atoms with Crippen LogP contribution in [0.15, 0.2) is 44.3 Å². The van der Waals surface area contributed by atoms with Crippen molar-refractivity contribution in [3.8, 4) is 5.69 Å². The van der Waals surface area contributed by atoms with E-state index in [4.69, 9.17) is 4.42 Å². The first-order valence-electron chi connectivity index (χ1n) is 6.84. The van der Waals surface area contributed by atoms with Crippen molar-refractivity contribution < 1.29 is 9.21 Å². The molecule has 0 aliphatic carbocycles. The van der Waals surface area contributed by atoms with Gasteiger partial charge in [-0.25, -0.2) is 24.4 Å². The van der Waals surface area contributed by atoms with Crippen LogP contribution in [0.1, 0.15) is 21.9 Å². The van der Waals surface area contributed by atoms with Crippen molar-refractivity contribution in [2.45, 2.75) is 13.8 Å². The van der Waals surface area contributed by atoms with Gasteiger partial charge in [-0.1, -0.05) is 0 Å². The number of rotatable bonds is 3. The highest BCUT2D eigenvalue weighted by molar-refractivity contribution is 6.05. The van der Waals surface area contributed by atoms with Crippen LogP contribution in [0, 0.1) is 13.8 Å². The smallest absolute Gasteiger partial charge is 0.348 e. The fourth-order valence-corrected chi connectivity index (χ4v) is 2.29. The van der Waals surface area contributed by atoms with E-state index in [0.717, 1.165) is 4.57 Å². The maximum atomic E-state index is 12.2. The summed E-state index contributed by atoms with van der Waals surface area (Å²) in [6.45, 7) is 3.49. The Morgan fingerprint density at radius 3 is 2.22 bits per heavy atom. The lowest BCUT2D eigenvalue weighted by atomic mass is 10.2. The highest BCUT2D eigenvalue weighted by Crippen LogP contribution is 2.17. The van der Waals surface area contributed by atoms with E-state index in [0.29, 0.717) is 28.5 Å². The van der Waals surface area contributed by atoms with Crippen LogP contribution < -0.4 is 16.7 Å². The molecule has 0 fully saturated rings. The van der Waals surface area contributed by atoms with Crippen molar-refractivity contribution in [3.63, 3.8) is 0 Å². The Morgan fingerprint density at radius 1 is 1.09 bits per heavy atom. The van der Waals surface area contributed by atoms with E-state index < -0.39 is 11.4 Å². The van der Waals surface area contributed by atoms with E-state index in [1.807, 2.05) is 0 Å². The van der Waals surface area contributed by atoms with Gasteiger partial charge in [0.15, 0.2) is 0 Å². The number of aryl methyl sites for hydroxylation is 2. The highest BCUT2D eigenvalue weighted by Gasteiger charge is 2.14. The minimum atomic E-state index is -0.559. The zero-order valence-corrected chi connectivity index (χ0v) is 12.5. The predicted molar refractivity (Wildman–Crippen MR) is 83.1 cm³/mol. The normalized spacial score (nSPS) is 10.7. The molecule has 118 valence electrons. The molecule has 0 saturated carbocycles. The van der Waals surface area contributed by atoms with E-state index in [-0.39, 0.29) is 5.91 Å². The summed E-state index contributed by atoms with van der Waals surface area (Å²) in [5.41, 5.74) is 0.278. The minimum Gasteiger partial charge on any atom is -0.466 e. The molecule has 3 aromatic rings. The number of H-pyrrole nitrogens is 2. The molecule has 0 atom stereocenters. The number of carbonyl (C=O) groups is 1. The molecule has 1 amide bonds. The van der Waals surface area contributed by atoms with Gasteiger partial charge in [-0.15, -0.1) is 0 Å². The summed E-state index contributed by atoms with van der Waals surface area (Å²) < 4.78 is 6.28. The zero-order chi connectivity index (χ0) is 16.6. The average molecular weight is 314 g/mol. The Labute approximate surface area is 129 Å². The summed E-state index contributed by atoms with van der Waals surface area (Å²) in [7, 11) is 0. The summed E-state index contributed by atoms with van der Waals surface area (Å²) in [6.07, 6.45) is 0. The van der Waals surface area contributed by atoms with E-state index in [9.17, 15) is 14.4 Å². The largest absolute Gasteiger partial charge is 0.466 e. The van der Waals surface area contributed by atoms with Gasteiger partial charge in [-0.3, -0.25) is 4.79 Å². The van der Waals surface area contributed by atoms with Crippen LogP contribution in [0.3, 0.4) is 0 Å². The molecule has 8 heteroatoms. The summed E-state index contributed by atoms with van der Waals surface area (Å²) >= 11 is 0. The van der Waals surface area contributed by atoms with Gasteiger partial charge < -0.3 is 9.73 Å². The fraction of sp³-hybridized carbons (Fsp3) is 0.133. The first kappa shape index (κ1) is 14.6. The van der Waals surface area contributed by atoms with E-state index in [2.05, 4.69) is 15.5 Å². The van der Waals surface area contributed by atoms with Crippen LogP contribution in [-0.4, -0.2) is 20.7 Å². The second kappa shape index (κ2) is 5.48. The van der Waals surface area contributed by atoms with Gasteiger partial charge in [-0.2, -0.15) is 0 Å². The van der Waals surface area contributed by atoms with Gasteiger partial charge in [0.05, 0.1) is 11.3 Å². The van der Waals surface area contributed by atoms with Crippen LogP contribution in [-0.2, 0) is 0 Å². The molecule has 0 aliphatic heterocycles. The lowest BCUT2D eigenvalue weighted by Gasteiger charge is -2.05. The molecule has 0 radical (unpaired) electrons. The number of carbonyl (C=O) groups excluding carboxylic acids is 1. The first-order valence-corrected chi connectivity index (χ1v) is 6.84. The molecule has 8 nitrogen and oxygen atoms in total. The lowest BCUT2D eigenvalue weighted by Crippen LogP contribution is -2.24. The van der Waals surface area contributed by atoms with Crippen molar-refractivity contribution >= 4 is 11.6 Å². The number of nitrogens with zero attached hydrogens (tertiary/aromatic N) is 1. The molecule has 23 heavy (non-hydrogen) atoms. The lowest BCUT2D eigenvalue weighted by molar-refractivity contribution is 0.102. The highest BCUT2D eigenvalue weighted by atomic mass is 16.3. The van der Waals surface area contributed by atoms with Gasteiger partial charge in [0, 0.05) is 5.69 Å². The molecule has 2 aromatic heterocycles. The average Bonchev–Trinajstić information content (AvgIpc) is 3.02. The van der Waals surface area contributed by atoms with Gasteiger partial charge in [0.1, 0.15) is 11.5 Å². The Morgan fingerprint density at radius 2 is 1.70 bits per heavy atom. The molecular weight excluding hydrogens is 300 g/mol. The number of anilines is 1. The maximum absolute atomic E-state index is 12.2. The number of furan rings is 1. The summed E-state index contributed by atoms with van der Waals surface area (Å²) in [4.78, 5) is 35.2. The number of aromatic nitrogens is 3. The minimum absolute atomic E-state index is 0.288. The third-order valence-electron chi connectivity index (χ3n) is 3.35. The van der Waals surface area contributed by atoms with Crippen molar-refractivity contribution in [3.05, 3.63) is 68.4 Å². The Bertz CT molecular complexity index is 945. The monoisotopic (exact) mass is 314 g/mol. The molecule has 0 unspecified atom stereocenters. The van der Waals surface area contributed by atoms with Gasteiger partial charge in [-0.05, 0) is 44.2 Å². The van der Waals surface area contributed by atoms with Crippen LogP contribution in [0.25, 0.3) is 5.69 Å². The number of hydrogen-bond acceptors (Lipinski definition) is 4.